The molecule has 0 fully saturated rings. The van der Waals surface area contributed by atoms with Gasteiger partial charge in [-0.1, -0.05) is 12.1 Å². The molecule has 0 amide bonds. The zero-order chi connectivity index (χ0) is 19.3. The second-order valence-corrected chi connectivity index (χ2v) is 5.61. The fraction of sp³-hybridized carbons (Fsp3) is 0.133. The Labute approximate surface area is 150 Å². The lowest BCUT2D eigenvalue weighted by atomic mass is 10.1. The van der Waals surface area contributed by atoms with Crippen LogP contribution in [0.2, 0.25) is 0 Å². The normalized spacial score (nSPS) is 9.52. The number of phenols is 2. The molecule has 0 spiro atoms. The van der Waals surface area contributed by atoms with E-state index < -0.39 is 21.3 Å². The minimum Gasteiger partial charge on any atom is -0.501 e. The van der Waals surface area contributed by atoms with E-state index in [-0.39, 0.29) is 17.0 Å². The van der Waals surface area contributed by atoms with E-state index in [2.05, 4.69) is 15.9 Å². The first-order valence-corrected chi connectivity index (χ1v) is 7.40. The van der Waals surface area contributed by atoms with Gasteiger partial charge < -0.3 is 10.2 Å². The molecule has 9 nitrogen and oxygen atoms in total. The van der Waals surface area contributed by atoms with Crippen LogP contribution in [0.25, 0.3) is 0 Å². The Bertz CT molecular complexity index is 892. The molecule has 0 radical (unpaired) electrons. The quantitative estimate of drug-likeness (QED) is 0.564. The summed E-state index contributed by atoms with van der Waals surface area (Å²) in [4.78, 5) is 19.3. The van der Waals surface area contributed by atoms with Crippen LogP contribution in [-0.2, 0) is 0 Å². The minimum atomic E-state index is -0.727. The molecule has 0 aromatic heterocycles. The largest absolute Gasteiger partial charge is 0.501 e. The van der Waals surface area contributed by atoms with Gasteiger partial charge >= 0.3 is 11.4 Å². The molecule has 0 atom stereocenters. The highest BCUT2D eigenvalue weighted by Gasteiger charge is 2.18. The monoisotopic (exact) mass is 409 g/mol. The van der Waals surface area contributed by atoms with Gasteiger partial charge in [0.05, 0.1) is 14.3 Å². The van der Waals surface area contributed by atoms with E-state index in [1.54, 1.807) is 26.0 Å². The summed E-state index contributed by atoms with van der Waals surface area (Å²) in [6.07, 6.45) is 0. The van der Waals surface area contributed by atoms with Crippen molar-refractivity contribution in [3.8, 4) is 17.6 Å². The van der Waals surface area contributed by atoms with E-state index in [1.807, 2.05) is 0 Å². The summed E-state index contributed by atoms with van der Waals surface area (Å²) in [6, 6.07) is 7.15. The van der Waals surface area contributed by atoms with Crippen molar-refractivity contribution in [2.24, 2.45) is 0 Å². The van der Waals surface area contributed by atoms with Crippen molar-refractivity contribution in [2.75, 3.05) is 0 Å². The Hall–Kier alpha value is -3.19. The predicted molar refractivity (Wildman–Crippen MR) is 91.4 cm³/mol. The van der Waals surface area contributed by atoms with Crippen LogP contribution in [0.5, 0.6) is 11.5 Å². The van der Waals surface area contributed by atoms with E-state index in [0.29, 0.717) is 10.0 Å². The zero-order valence-electron chi connectivity index (χ0n) is 13.1. The highest BCUT2D eigenvalue weighted by Crippen LogP contribution is 2.35. The summed E-state index contributed by atoms with van der Waals surface area (Å²) >= 11 is 3.04. The van der Waals surface area contributed by atoms with Crippen molar-refractivity contribution in [3.05, 3.63) is 65.7 Å². The molecule has 2 rings (SSSR count). The molecule has 25 heavy (non-hydrogen) atoms. The summed E-state index contributed by atoms with van der Waals surface area (Å²) in [6.45, 7) is 3.34. The molecule has 2 aromatic rings. The third-order valence-electron chi connectivity index (χ3n) is 3.16. The van der Waals surface area contributed by atoms with Crippen LogP contribution in [0.15, 0.2) is 28.7 Å². The van der Waals surface area contributed by atoms with Gasteiger partial charge in [-0.05, 0) is 40.9 Å². The third kappa shape index (κ3) is 4.42. The van der Waals surface area contributed by atoms with Gasteiger partial charge in [-0.2, -0.15) is 5.26 Å². The molecule has 0 aliphatic rings. The van der Waals surface area contributed by atoms with Gasteiger partial charge in [-0.15, -0.1) is 0 Å². The molecule has 2 aromatic carbocycles. The first kappa shape index (κ1) is 19.9. The van der Waals surface area contributed by atoms with Crippen molar-refractivity contribution >= 4 is 27.3 Å². The van der Waals surface area contributed by atoms with Crippen LogP contribution in [0.3, 0.4) is 0 Å². The molecule has 0 unspecified atom stereocenters. The van der Waals surface area contributed by atoms with Crippen LogP contribution in [0.4, 0.5) is 11.4 Å². The van der Waals surface area contributed by atoms with Crippen molar-refractivity contribution in [3.63, 3.8) is 0 Å². The lowest BCUT2D eigenvalue weighted by Gasteiger charge is -2.00. The Morgan fingerprint density at radius 2 is 1.40 bits per heavy atom. The Morgan fingerprint density at radius 3 is 1.84 bits per heavy atom. The summed E-state index contributed by atoms with van der Waals surface area (Å²) in [5.41, 5.74) is 0.507. The molecular weight excluding hydrogens is 398 g/mol. The first-order valence-electron chi connectivity index (χ1n) is 6.61. The van der Waals surface area contributed by atoms with Gasteiger partial charge in [0.15, 0.2) is 0 Å². The van der Waals surface area contributed by atoms with Crippen LogP contribution in [0, 0.1) is 45.4 Å². The topological polar surface area (TPSA) is 151 Å². The maximum Gasteiger partial charge on any atom is 0.312 e. The maximum atomic E-state index is 10.3. The lowest BCUT2D eigenvalue weighted by Crippen LogP contribution is -1.92. The standard InChI is InChI=1S/C8H6N2O3.C7H6BrNO3/c1-5-2-3-7(10(12)13)8(11)6(5)4-9;1-4-2-3-5(9(11)12)7(10)6(4)8/h2-3,11H,1H3;2-3,10H,1H3. The number of nitro groups is 2. The van der Waals surface area contributed by atoms with Gasteiger partial charge in [0, 0.05) is 12.1 Å². The number of hydrogen-bond donors (Lipinski definition) is 2. The number of nitriles is 1. The van der Waals surface area contributed by atoms with Crippen molar-refractivity contribution in [1.29, 1.82) is 5.26 Å². The van der Waals surface area contributed by atoms with E-state index in [9.17, 15) is 30.4 Å². The molecule has 0 saturated heterocycles. The van der Waals surface area contributed by atoms with Crippen LogP contribution in [-0.4, -0.2) is 20.1 Å². The van der Waals surface area contributed by atoms with E-state index >= 15 is 0 Å². The number of nitrogens with zero attached hydrogens (tertiary/aromatic N) is 3. The molecule has 0 saturated carbocycles. The second-order valence-electron chi connectivity index (χ2n) is 4.82. The minimum absolute atomic E-state index is 0.0470. The molecular formula is C15H12BrN3O6. The number of phenolic OH excluding ortho intramolecular Hbond substituents is 2. The smallest absolute Gasteiger partial charge is 0.312 e. The zero-order valence-corrected chi connectivity index (χ0v) is 14.6. The van der Waals surface area contributed by atoms with Gasteiger partial charge in [-0.25, -0.2) is 0 Å². The summed E-state index contributed by atoms with van der Waals surface area (Å²) < 4.78 is 0.372. The molecule has 0 heterocycles. The molecule has 0 bridgehead atoms. The Morgan fingerprint density at radius 1 is 0.960 bits per heavy atom. The molecule has 0 aliphatic heterocycles. The maximum absolute atomic E-state index is 10.3. The van der Waals surface area contributed by atoms with E-state index in [4.69, 9.17) is 5.26 Å². The van der Waals surface area contributed by atoms with Gasteiger partial charge in [0.2, 0.25) is 11.5 Å². The number of halogens is 1. The lowest BCUT2D eigenvalue weighted by molar-refractivity contribution is -0.386. The van der Waals surface area contributed by atoms with Gasteiger partial charge in [-0.3, -0.25) is 20.2 Å². The van der Waals surface area contributed by atoms with Crippen LogP contribution in [0.1, 0.15) is 16.7 Å². The van der Waals surface area contributed by atoms with Gasteiger partial charge in [0.25, 0.3) is 0 Å². The molecule has 0 aliphatic carbocycles. The number of benzene rings is 2. The van der Waals surface area contributed by atoms with E-state index in [0.717, 1.165) is 5.56 Å². The van der Waals surface area contributed by atoms with Gasteiger partial charge in [0.1, 0.15) is 11.6 Å². The van der Waals surface area contributed by atoms with Crippen LogP contribution < -0.4 is 0 Å². The fourth-order valence-electron chi connectivity index (χ4n) is 1.77. The first-order chi connectivity index (χ1) is 11.6. The summed E-state index contributed by atoms with van der Waals surface area (Å²) in [5.74, 6) is -0.882. The number of rotatable bonds is 2. The Kier molecular flexibility index (Phi) is 6.41. The highest BCUT2D eigenvalue weighted by molar-refractivity contribution is 9.10. The van der Waals surface area contributed by atoms with Crippen molar-refractivity contribution in [2.45, 2.75) is 13.8 Å². The average Bonchev–Trinajstić information content (AvgIpc) is 2.53. The highest BCUT2D eigenvalue weighted by atomic mass is 79.9. The third-order valence-corrected chi connectivity index (χ3v) is 4.16. The number of aromatic hydroxyl groups is 2. The Balaban J connectivity index is 0.000000251. The molecule has 2 N–H and O–H groups in total. The van der Waals surface area contributed by atoms with Crippen LogP contribution >= 0.6 is 15.9 Å². The predicted octanol–water partition coefficient (Wildman–Crippen LogP) is 3.85. The van der Waals surface area contributed by atoms with E-state index in [1.165, 1.54) is 18.2 Å². The fourth-order valence-corrected chi connectivity index (χ4v) is 2.11. The number of hydrogen-bond acceptors (Lipinski definition) is 7. The second kappa shape index (κ2) is 8.07. The summed E-state index contributed by atoms with van der Waals surface area (Å²) in [7, 11) is 0. The molecule has 130 valence electrons. The summed E-state index contributed by atoms with van der Waals surface area (Å²) in [5, 5.41) is 47.8. The average molecular weight is 410 g/mol. The molecule has 10 heteroatoms. The van der Waals surface area contributed by atoms with Crippen molar-refractivity contribution < 1.29 is 20.1 Å². The van der Waals surface area contributed by atoms with Crippen molar-refractivity contribution in [1.82, 2.24) is 0 Å². The SMILES string of the molecule is Cc1ccc([N+](=O)[O-])c(O)c1Br.Cc1ccc([N+](=O)[O-])c(O)c1C#N. The number of aryl methyl sites for hydroxylation is 2. The number of nitro benzene ring substituents is 2.